The fourth-order valence-electron chi connectivity index (χ4n) is 1.99. The maximum absolute atomic E-state index is 11.9. The molecule has 0 aromatic heterocycles. The maximum Gasteiger partial charge on any atom is 0.228 e. The number of hydrogen-bond acceptors (Lipinski definition) is 3. The third-order valence-corrected chi connectivity index (χ3v) is 3.03. The zero-order chi connectivity index (χ0) is 12.1. The Labute approximate surface area is 114 Å². The van der Waals surface area contributed by atoms with E-state index in [-0.39, 0.29) is 24.2 Å². The van der Waals surface area contributed by atoms with Crippen molar-refractivity contribution in [3.63, 3.8) is 0 Å². The summed E-state index contributed by atoms with van der Waals surface area (Å²) in [4.78, 5) is 11.9. The molecular formula is C13H19ClN2O2. The van der Waals surface area contributed by atoms with Gasteiger partial charge in [0.15, 0.2) is 0 Å². The van der Waals surface area contributed by atoms with Gasteiger partial charge in [0, 0.05) is 12.2 Å². The van der Waals surface area contributed by atoms with Crippen LogP contribution in [0, 0.1) is 5.92 Å². The molecule has 5 heteroatoms. The quantitative estimate of drug-likeness (QED) is 0.884. The zero-order valence-corrected chi connectivity index (χ0v) is 11.3. The first-order valence-electron chi connectivity index (χ1n) is 5.95. The minimum atomic E-state index is 0. The van der Waals surface area contributed by atoms with E-state index in [1.165, 1.54) is 0 Å². The number of methoxy groups -OCH3 is 1. The third kappa shape index (κ3) is 3.89. The first-order valence-corrected chi connectivity index (χ1v) is 5.95. The van der Waals surface area contributed by atoms with Crippen LogP contribution in [0.1, 0.15) is 12.8 Å². The Bertz CT molecular complexity index is 375. The standard InChI is InChI=1S/C13H18N2O2.ClH/c1-17-12-6-4-11(5-7-12)15-13(16)10-3-2-8-14-9-10;/h4-7,10,14H,2-3,8-9H2,1H3,(H,15,16);1H. The Morgan fingerprint density at radius 1 is 1.39 bits per heavy atom. The number of carbonyl (C=O) groups is 1. The summed E-state index contributed by atoms with van der Waals surface area (Å²) in [6.07, 6.45) is 2.04. The van der Waals surface area contributed by atoms with E-state index in [0.717, 1.165) is 37.4 Å². The molecule has 0 saturated carbocycles. The number of piperidine rings is 1. The number of amides is 1. The average Bonchev–Trinajstić information content (AvgIpc) is 2.40. The maximum atomic E-state index is 11.9. The number of carbonyl (C=O) groups excluding carboxylic acids is 1. The van der Waals surface area contributed by atoms with Gasteiger partial charge < -0.3 is 15.4 Å². The van der Waals surface area contributed by atoms with Crippen LogP contribution in [0.15, 0.2) is 24.3 Å². The first-order chi connectivity index (χ1) is 8.29. The van der Waals surface area contributed by atoms with Gasteiger partial charge in [0.2, 0.25) is 5.91 Å². The normalized spacial score (nSPS) is 18.6. The molecule has 2 rings (SSSR count). The zero-order valence-electron chi connectivity index (χ0n) is 10.4. The number of halogens is 1. The van der Waals surface area contributed by atoms with E-state index < -0.39 is 0 Å². The van der Waals surface area contributed by atoms with Crippen molar-refractivity contribution in [2.24, 2.45) is 5.92 Å². The van der Waals surface area contributed by atoms with Gasteiger partial charge in [-0.1, -0.05) is 0 Å². The lowest BCUT2D eigenvalue weighted by molar-refractivity contribution is -0.120. The molecule has 100 valence electrons. The highest BCUT2D eigenvalue weighted by Gasteiger charge is 2.20. The summed E-state index contributed by atoms with van der Waals surface area (Å²) in [5.74, 6) is 0.982. The monoisotopic (exact) mass is 270 g/mol. The number of rotatable bonds is 3. The second-order valence-corrected chi connectivity index (χ2v) is 4.26. The van der Waals surface area contributed by atoms with Gasteiger partial charge >= 0.3 is 0 Å². The molecule has 1 aliphatic heterocycles. The Balaban J connectivity index is 0.00000162. The fourth-order valence-corrected chi connectivity index (χ4v) is 1.99. The largest absolute Gasteiger partial charge is 0.497 e. The van der Waals surface area contributed by atoms with E-state index in [1.54, 1.807) is 7.11 Å². The minimum Gasteiger partial charge on any atom is -0.497 e. The molecule has 2 N–H and O–H groups in total. The van der Waals surface area contributed by atoms with Crippen LogP contribution in [-0.2, 0) is 4.79 Å². The van der Waals surface area contributed by atoms with Crippen molar-refractivity contribution < 1.29 is 9.53 Å². The van der Waals surface area contributed by atoms with Crippen molar-refractivity contribution in [3.8, 4) is 5.75 Å². The van der Waals surface area contributed by atoms with Crippen LogP contribution in [0.2, 0.25) is 0 Å². The number of hydrogen-bond donors (Lipinski definition) is 2. The van der Waals surface area contributed by atoms with Crippen LogP contribution in [-0.4, -0.2) is 26.1 Å². The summed E-state index contributed by atoms with van der Waals surface area (Å²) < 4.78 is 5.07. The topological polar surface area (TPSA) is 50.4 Å². The number of nitrogens with one attached hydrogen (secondary N) is 2. The Kier molecular flexibility index (Phi) is 5.95. The summed E-state index contributed by atoms with van der Waals surface area (Å²) in [7, 11) is 1.63. The Morgan fingerprint density at radius 3 is 2.67 bits per heavy atom. The molecule has 1 aliphatic rings. The molecule has 18 heavy (non-hydrogen) atoms. The molecule has 0 bridgehead atoms. The highest BCUT2D eigenvalue weighted by Crippen LogP contribution is 2.17. The van der Waals surface area contributed by atoms with Gasteiger partial charge in [-0.25, -0.2) is 0 Å². The number of benzene rings is 1. The lowest BCUT2D eigenvalue weighted by Gasteiger charge is -2.21. The van der Waals surface area contributed by atoms with Crippen LogP contribution in [0.3, 0.4) is 0 Å². The van der Waals surface area contributed by atoms with Crippen LogP contribution in [0.4, 0.5) is 5.69 Å². The van der Waals surface area contributed by atoms with Crippen molar-refractivity contribution >= 4 is 24.0 Å². The predicted molar refractivity (Wildman–Crippen MR) is 74.5 cm³/mol. The van der Waals surface area contributed by atoms with E-state index in [9.17, 15) is 4.79 Å². The summed E-state index contributed by atoms with van der Waals surface area (Å²) in [5, 5.41) is 6.17. The molecule has 1 saturated heterocycles. The molecule has 0 radical (unpaired) electrons. The van der Waals surface area contributed by atoms with E-state index >= 15 is 0 Å². The van der Waals surface area contributed by atoms with Gasteiger partial charge in [0.25, 0.3) is 0 Å². The number of ether oxygens (including phenoxy) is 1. The summed E-state index contributed by atoms with van der Waals surface area (Å²) in [6, 6.07) is 7.39. The minimum absolute atomic E-state index is 0. The molecule has 1 heterocycles. The van der Waals surface area contributed by atoms with E-state index in [4.69, 9.17) is 4.74 Å². The summed E-state index contributed by atoms with van der Waals surface area (Å²) in [6.45, 7) is 1.80. The Hall–Kier alpha value is -1.26. The summed E-state index contributed by atoms with van der Waals surface area (Å²) in [5.41, 5.74) is 0.821. The lowest BCUT2D eigenvalue weighted by Crippen LogP contribution is -2.37. The molecule has 1 unspecified atom stereocenters. The molecule has 1 aromatic carbocycles. The van der Waals surface area contributed by atoms with E-state index in [0.29, 0.717) is 0 Å². The van der Waals surface area contributed by atoms with E-state index in [2.05, 4.69) is 10.6 Å². The lowest BCUT2D eigenvalue weighted by atomic mass is 9.99. The van der Waals surface area contributed by atoms with Gasteiger partial charge in [-0.15, -0.1) is 12.4 Å². The molecule has 1 aromatic rings. The molecule has 4 nitrogen and oxygen atoms in total. The van der Waals surface area contributed by atoms with Crippen LogP contribution in [0.5, 0.6) is 5.75 Å². The molecular weight excluding hydrogens is 252 g/mol. The van der Waals surface area contributed by atoms with Gasteiger partial charge in [-0.2, -0.15) is 0 Å². The third-order valence-electron chi connectivity index (χ3n) is 3.03. The van der Waals surface area contributed by atoms with Crippen molar-refractivity contribution in [1.29, 1.82) is 0 Å². The van der Waals surface area contributed by atoms with Crippen molar-refractivity contribution in [1.82, 2.24) is 5.32 Å². The summed E-state index contributed by atoms with van der Waals surface area (Å²) >= 11 is 0. The molecule has 1 atom stereocenters. The van der Waals surface area contributed by atoms with Gasteiger partial charge in [0.05, 0.1) is 13.0 Å². The van der Waals surface area contributed by atoms with Crippen LogP contribution < -0.4 is 15.4 Å². The SMILES string of the molecule is COc1ccc(NC(=O)C2CCCNC2)cc1.Cl. The molecule has 0 aliphatic carbocycles. The first kappa shape index (κ1) is 14.8. The van der Waals surface area contributed by atoms with Crippen molar-refractivity contribution in [2.45, 2.75) is 12.8 Å². The Morgan fingerprint density at radius 2 is 2.11 bits per heavy atom. The van der Waals surface area contributed by atoms with Crippen molar-refractivity contribution in [3.05, 3.63) is 24.3 Å². The highest BCUT2D eigenvalue weighted by molar-refractivity contribution is 5.92. The smallest absolute Gasteiger partial charge is 0.228 e. The van der Waals surface area contributed by atoms with Gasteiger partial charge in [-0.05, 0) is 43.7 Å². The molecule has 0 spiro atoms. The van der Waals surface area contributed by atoms with Crippen molar-refractivity contribution in [2.75, 3.05) is 25.5 Å². The van der Waals surface area contributed by atoms with Gasteiger partial charge in [0.1, 0.15) is 5.75 Å². The molecule has 1 amide bonds. The van der Waals surface area contributed by atoms with E-state index in [1.807, 2.05) is 24.3 Å². The second-order valence-electron chi connectivity index (χ2n) is 4.26. The number of anilines is 1. The average molecular weight is 271 g/mol. The van der Waals surface area contributed by atoms with Crippen LogP contribution >= 0.6 is 12.4 Å². The highest BCUT2D eigenvalue weighted by atomic mass is 35.5. The van der Waals surface area contributed by atoms with Gasteiger partial charge in [-0.3, -0.25) is 4.79 Å². The fraction of sp³-hybridized carbons (Fsp3) is 0.462. The molecule has 1 fully saturated rings. The predicted octanol–water partition coefficient (Wildman–Crippen LogP) is 2.06. The second kappa shape index (κ2) is 7.24. The van der Waals surface area contributed by atoms with Crippen LogP contribution in [0.25, 0.3) is 0 Å².